The first-order valence-electron chi connectivity index (χ1n) is 5.31. The van der Waals surface area contributed by atoms with E-state index in [0.29, 0.717) is 11.5 Å². The van der Waals surface area contributed by atoms with Crippen molar-refractivity contribution in [2.75, 3.05) is 0 Å². The van der Waals surface area contributed by atoms with Crippen molar-refractivity contribution in [3.05, 3.63) is 54.2 Å². The predicted octanol–water partition coefficient (Wildman–Crippen LogP) is 2.52. The standard InChI is InChI=1S/C13H10N4/c1-2-4-10(5-3-1)6-7-12-14-8-11-13(17-12)16-9-15-11/h1-9H,(H,14,15,16,17)/b7-6+. The lowest BCUT2D eigenvalue weighted by Gasteiger charge is -1.93. The smallest absolute Gasteiger partial charge is 0.181 e. The molecule has 0 spiro atoms. The monoisotopic (exact) mass is 222 g/mol. The van der Waals surface area contributed by atoms with Gasteiger partial charge in [0.05, 0.1) is 12.5 Å². The zero-order chi connectivity index (χ0) is 11.5. The van der Waals surface area contributed by atoms with E-state index in [1.54, 1.807) is 12.5 Å². The maximum Gasteiger partial charge on any atom is 0.181 e. The van der Waals surface area contributed by atoms with Crippen molar-refractivity contribution in [1.29, 1.82) is 0 Å². The highest BCUT2D eigenvalue weighted by atomic mass is 15.0. The van der Waals surface area contributed by atoms with E-state index in [1.165, 1.54) is 0 Å². The minimum atomic E-state index is 0.661. The molecule has 0 bridgehead atoms. The van der Waals surface area contributed by atoms with Gasteiger partial charge in [-0.3, -0.25) is 0 Å². The first-order chi connectivity index (χ1) is 8.42. The molecule has 1 N–H and O–H groups in total. The lowest BCUT2D eigenvalue weighted by molar-refractivity contribution is 1.17. The molecule has 17 heavy (non-hydrogen) atoms. The van der Waals surface area contributed by atoms with Crippen molar-refractivity contribution in [2.24, 2.45) is 0 Å². The van der Waals surface area contributed by atoms with E-state index < -0.39 is 0 Å². The quantitative estimate of drug-likeness (QED) is 0.724. The zero-order valence-electron chi connectivity index (χ0n) is 9.04. The summed E-state index contributed by atoms with van der Waals surface area (Å²) >= 11 is 0. The van der Waals surface area contributed by atoms with Crippen LogP contribution in [0.1, 0.15) is 11.4 Å². The Morgan fingerprint density at radius 3 is 2.76 bits per heavy atom. The minimum Gasteiger partial charge on any atom is -0.342 e. The minimum absolute atomic E-state index is 0.661. The van der Waals surface area contributed by atoms with Gasteiger partial charge in [-0.2, -0.15) is 0 Å². The van der Waals surface area contributed by atoms with Gasteiger partial charge in [0.2, 0.25) is 0 Å². The molecule has 0 aliphatic heterocycles. The summed E-state index contributed by atoms with van der Waals surface area (Å²) in [6.45, 7) is 0. The molecule has 0 radical (unpaired) electrons. The second kappa shape index (κ2) is 4.17. The van der Waals surface area contributed by atoms with Crippen molar-refractivity contribution in [2.45, 2.75) is 0 Å². The highest BCUT2D eigenvalue weighted by Crippen LogP contribution is 2.07. The Morgan fingerprint density at radius 1 is 1.00 bits per heavy atom. The number of benzene rings is 1. The molecule has 1 aromatic carbocycles. The van der Waals surface area contributed by atoms with Crippen LogP contribution in [-0.2, 0) is 0 Å². The van der Waals surface area contributed by atoms with Gasteiger partial charge in [-0.05, 0) is 11.6 Å². The molecule has 2 aromatic heterocycles. The number of fused-ring (bicyclic) bond motifs is 1. The molecule has 0 amide bonds. The fraction of sp³-hybridized carbons (Fsp3) is 0. The second-order valence-corrected chi connectivity index (χ2v) is 3.61. The van der Waals surface area contributed by atoms with Crippen molar-refractivity contribution in [1.82, 2.24) is 19.9 Å². The molecule has 3 aromatic rings. The number of aromatic nitrogens is 4. The van der Waals surface area contributed by atoms with Crippen LogP contribution in [0.3, 0.4) is 0 Å². The Morgan fingerprint density at radius 2 is 1.88 bits per heavy atom. The van der Waals surface area contributed by atoms with E-state index in [0.717, 1.165) is 11.1 Å². The van der Waals surface area contributed by atoms with Gasteiger partial charge in [-0.25, -0.2) is 15.0 Å². The number of nitrogens with one attached hydrogen (secondary N) is 1. The summed E-state index contributed by atoms with van der Waals surface area (Å²) in [5, 5.41) is 0. The summed E-state index contributed by atoms with van der Waals surface area (Å²) in [4.78, 5) is 15.6. The van der Waals surface area contributed by atoms with Crippen LogP contribution in [0.5, 0.6) is 0 Å². The molecule has 0 aliphatic rings. The van der Waals surface area contributed by atoms with Gasteiger partial charge >= 0.3 is 0 Å². The van der Waals surface area contributed by atoms with E-state index >= 15 is 0 Å². The van der Waals surface area contributed by atoms with Crippen molar-refractivity contribution >= 4 is 23.3 Å². The number of aromatic amines is 1. The number of hydrogen-bond donors (Lipinski definition) is 1. The zero-order valence-corrected chi connectivity index (χ0v) is 9.04. The highest BCUT2D eigenvalue weighted by Gasteiger charge is 1.98. The van der Waals surface area contributed by atoms with E-state index in [2.05, 4.69) is 19.9 Å². The number of H-pyrrole nitrogens is 1. The largest absolute Gasteiger partial charge is 0.342 e. The van der Waals surface area contributed by atoms with Crippen LogP contribution in [0.15, 0.2) is 42.9 Å². The molecular weight excluding hydrogens is 212 g/mol. The van der Waals surface area contributed by atoms with E-state index in [9.17, 15) is 0 Å². The van der Waals surface area contributed by atoms with Crippen LogP contribution in [0, 0.1) is 0 Å². The third kappa shape index (κ3) is 2.06. The van der Waals surface area contributed by atoms with Crippen LogP contribution in [0.4, 0.5) is 0 Å². The normalized spacial score (nSPS) is 11.3. The molecule has 0 saturated heterocycles. The van der Waals surface area contributed by atoms with E-state index in [1.807, 2.05) is 42.5 Å². The van der Waals surface area contributed by atoms with Crippen LogP contribution in [0.25, 0.3) is 23.3 Å². The van der Waals surface area contributed by atoms with E-state index in [4.69, 9.17) is 0 Å². The van der Waals surface area contributed by atoms with Crippen LogP contribution in [-0.4, -0.2) is 19.9 Å². The molecule has 2 heterocycles. The maximum absolute atomic E-state index is 4.31. The Bertz CT molecular complexity index is 655. The average Bonchev–Trinajstić information content (AvgIpc) is 2.85. The number of imidazole rings is 1. The van der Waals surface area contributed by atoms with Crippen LogP contribution < -0.4 is 0 Å². The molecule has 0 atom stereocenters. The highest BCUT2D eigenvalue weighted by molar-refractivity contribution is 5.72. The fourth-order valence-electron chi connectivity index (χ4n) is 1.56. The fourth-order valence-corrected chi connectivity index (χ4v) is 1.56. The van der Waals surface area contributed by atoms with Gasteiger partial charge in [0.1, 0.15) is 5.52 Å². The number of hydrogen-bond acceptors (Lipinski definition) is 3. The molecule has 0 aliphatic carbocycles. The molecule has 4 nitrogen and oxygen atoms in total. The van der Waals surface area contributed by atoms with Gasteiger partial charge in [0.15, 0.2) is 11.5 Å². The number of rotatable bonds is 2. The predicted molar refractivity (Wildman–Crippen MR) is 67.1 cm³/mol. The van der Waals surface area contributed by atoms with Gasteiger partial charge in [0, 0.05) is 0 Å². The van der Waals surface area contributed by atoms with Gasteiger partial charge in [-0.15, -0.1) is 0 Å². The third-order valence-corrected chi connectivity index (χ3v) is 2.42. The van der Waals surface area contributed by atoms with Crippen molar-refractivity contribution < 1.29 is 0 Å². The van der Waals surface area contributed by atoms with Gasteiger partial charge < -0.3 is 4.98 Å². The molecule has 4 heteroatoms. The van der Waals surface area contributed by atoms with Crippen molar-refractivity contribution in [3.8, 4) is 0 Å². The van der Waals surface area contributed by atoms with Crippen LogP contribution in [0.2, 0.25) is 0 Å². The summed E-state index contributed by atoms with van der Waals surface area (Å²) in [6, 6.07) is 10.0. The molecule has 3 rings (SSSR count). The molecule has 0 unspecified atom stereocenters. The Kier molecular flexibility index (Phi) is 2.38. The summed E-state index contributed by atoms with van der Waals surface area (Å²) in [7, 11) is 0. The molecule has 0 fully saturated rings. The first-order valence-corrected chi connectivity index (χ1v) is 5.31. The maximum atomic E-state index is 4.31. The summed E-state index contributed by atoms with van der Waals surface area (Å²) in [6.07, 6.45) is 7.21. The van der Waals surface area contributed by atoms with Crippen LogP contribution >= 0.6 is 0 Å². The summed E-state index contributed by atoms with van der Waals surface area (Å²) < 4.78 is 0. The topological polar surface area (TPSA) is 54.5 Å². The lowest BCUT2D eigenvalue weighted by Crippen LogP contribution is -1.87. The van der Waals surface area contributed by atoms with Gasteiger partial charge in [0.25, 0.3) is 0 Å². The Hall–Kier alpha value is -2.49. The SMILES string of the molecule is C(=C\c1ncc2[nH]cnc2n1)/c1ccccc1. The van der Waals surface area contributed by atoms with Gasteiger partial charge in [-0.1, -0.05) is 36.4 Å². The Labute approximate surface area is 98.1 Å². The number of nitrogens with zero attached hydrogens (tertiary/aromatic N) is 3. The summed E-state index contributed by atoms with van der Waals surface area (Å²) in [5.41, 5.74) is 2.66. The van der Waals surface area contributed by atoms with E-state index in [-0.39, 0.29) is 0 Å². The first kappa shape index (κ1) is 9.72. The average molecular weight is 222 g/mol. The lowest BCUT2D eigenvalue weighted by atomic mass is 10.2. The molecule has 0 saturated carbocycles. The molecule has 82 valence electrons. The summed E-state index contributed by atoms with van der Waals surface area (Å²) in [5.74, 6) is 0.661. The molecular formula is C13H10N4. The van der Waals surface area contributed by atoms with Crippen molar-refractivity contribution in [3.63, 3.8) is 0 Å². The second-order valence-electron chi connectivity index (χ2n) is 3.61. The third-order valence-electron chi connectivity index (χ3n) is 2.42. The Balaban J connectivity index is 1.92.